The fourth-order valence-corrected chi connectivity index (χ4v) is 5.56. The fourth-order valence-electron chi connectivity index (χ4n) is 4.64. The van der Waals surface area contributed by atoms with Gasteiger partial charge in [0.2, 0.25) is 0 Å². The van der Waals surface area contributed by atoms with Crippen LogP contribution >= 0.6 is 11.3 Å². The van der Waals surface area contributed by atoms with Crippen LogP contribution in [0.4, 0.5) is 0 Å². The zero-order valence-corrected chi connectivity index (χ0v) is 17.0. The van der Waals surface area contributed by atoms with Gasteiger partial charge in [-0.1, -0.05) is 30.3 Å². The third-order valence-electron chi connectivity index (χ3n) is 6.10. The summed E-state index contributed by atoms with van der Waals surface area (Å²) in [6.45, 7) is 9.16. The van der Waals surface area contributed by atoms with Gasteiger partial charge in [0, 0.05) is 42.0 Å². The first-order valence-corrected chi connectivity index (χ1v) is 10.7. The predicted octanol–water partition coefficient (Wildman–Crippen LogP) is 3.46. The largest absolute Gasteiger partial charge is 0.338 e. The lowest BCUT2D eigenvalue weighted by atomic mass is 10.0. The smallest absolute Gasteiger partial charge is 0.254 e. The molecular formula is C22H29N3OS. The van der Waals surface area contributed by atoms with Gasteiger partial charge >= 0.3 is 0 Å². The number of thiophene rings is 1. The first-order valence-electron chi connectivity index (χ1n) is 9.90. The molecule has 0 saturated carbocycles. The molecule has 144 valence electrons. The molecule has 3 heterocycles. The van der Waals surface area contributed by atoms with E-state index in [0.717, 1.165) is 49.6 Å². The van der Waals surface area contributed by atoms with Crippen LogP contribution in [0, 0.1) is 25.7 Å². The molecule has 2 fully saturated rings. The van der Waals surface area contributed by atoms with Crippen molar-refractivity contribution in [3.63, 3.8) is 0 Å². The molecule has 5 heteroatoms. The second-order valence-electron chi connectivity index (χ2n) is 8.12. The molecule has 1 aromatic heterocycles. The number of carbonyl (C=O) groups excluding carboxylic acids is 1. The Morgan fingerprint density at radius 1 is 1.15 bits per heavy atom. The summed E-state index contributed by atoms with van der Waals surface area (Å²) in [6, 6.07) is 12.5. The van der Waals surface area contributed by atoms with Gasteiger partial charge < -0.3 is 15.5 Å². The number of nitrogens with zero attached hydrogens (tertiary/aromatic N) is 2. The van der Waals surface area contributed by atoms with Crippen LogP contribution < -0.4 is 5.73 Å². The number of hydrogen-bond donors (Lipinski definition) is 1. The maximum absolute atomic E-state index is 12.9. The normalized spacial score (nSPS) is 23.6. The van der Waals surface area contributed by atoms with Gasteiger partial charge in [0.25, 0.3) is 5.91 Å². The lowest BCUT2D eigenvalue weighted by Gasteiger charge is -2.23. The minimum Gasteiger partial charge on any atom is -0.338 e. The molecule has 2 aromatic rings. The highest BCUT2D eigenvalue weighted by Gasteiger charge is 2.41. The zero-order valence-electron chi connectivity index (χ0n) is 16.2. The molecule has 4 nitrogen and oxygen atoms in total. The average Bonchev–Trinajstić information content (AvgIpc) is 3.32. The van der Waals surface area contributed by atoms with Crippen LogP contribution in [0.5, 0.6) is 0 Å². The van der Waals surface area contributed by atoms with Crippen LogP contribution in [0.2, 0.25) is 0 Å². The van der Waals surface area contributed by atoms with Gasteiger partial charge in [-0.05, 0) is 50.3 Å². The number of carbonyl (C=O) groups is 1. The van der Waals surface area contributed by atoms with E-state index in [-0.39, 0.29) is 11.9 Å². The summed E-state index contributed by atoms with van der Waals surface area (Å²) in [4.78, 5) is 19.9. The topological polar surface area (TPSA) is 49.6 Å². The van der Waals surface area contributed by atoms with Gasteiger partial charge in [-0.3, -0.25) is 4.79 Å². The molecule has 1 amide bonds. The van der Waals surface area contributed by atoms with E-state index in [1.807, 2.05) is 12.1 Å². The SMILES string of the molecule is Cc1cc(C(=O)N2CC3CN(CC[C@H](N)c4ccccc4)CC3C2)c(C)s1. The van der Waals surface area contributed by atoms with Crippen molar-refractivity contribution in [3.8, 4) is 0 Å². The molecule has 2 N–H and O–H groups in total. The highest BCUT2D eigenvalue weighted by molar-refractivity contribution is 7.12. The third kappa shape index (κ3) is 3.96. The van der Waals surface area contributed by atoms with E-state index in [2.05, 4.69) is 47.9 Å². The van der Waals surface area contributed by atoms with E-state index in [1.54, 1.807) is 11.3 Å². The van der Waals surface area contributed by atoms with E-state index >= 15 is 0 Å². The summed E-state index contributed by atoms with van der Waals surface area (Å²) in [5.41, 5.74) is 8.48. The molecule has 4 rings (SSSR count). The van der Waals surface area contributed by atoms with E-state index in [0.29, 0.717) is 11.8 Å². The standard InChI is InChI=1S/C22H29N3OS/c1-15-10-20(16(2)27-15)22(26)25-13-18-11-24(12-19(18)14-25)9-8-21(23)17-6-4-3-5-7-17/h3-7,10,18-19,21H,8-9,11-14,23H2,1-2H3/t18?,19?,21-/m0/s1. The molecular weight excluding hydrogens is 354 g/mol. The Balaban J connectivity index is 1.28. The molecule has 0 aliphatic carbocycles. The molecule has 2 saturated heterocycles. The Bertz CT molecular complexity index is 789. The summed E-state index contributed by atoms with van der Waals surface area (Å²) >= 11 is 1.72. The van der Waals surface area contributed by atoms with Gasteiger partial charge in [-0.15, -0.1) is 11.3 Å². The Morgan fingerprint density at radius 3 is 2.41 bits per heavy atom. The van der Waals surface area contributed by atoms with Crippen molar-refractivity contribution in [2.75, 3.05) is 32.7 Å². The summed E-state index contributed by atoms with van der Waals surface area (Å²) in [7, 11) is 0. The minimum absolute atomic E-state index is 0.106. The highest BCUT2D eigenvalue weighted by Crippen LogP contribution is 2.33. The number of rotatable bonds is 5. The van der Waals surface area contributed by atoms with E-state index in [1.165, 1.54) is 10.4 Å². The predicted molar refractivity (Wildman–Crippen MR) is 111 cm³/mol. The molecule has 0 radical (unpaired) electrons. The molecule has 2 aliphatic rings. The van der Waals surface area contributed by atoms with E-state index in [4.69, 9.17) is 5.73 Å². The van der Waals surface area contributed by atoms with Crippen molar-refractivity contribution in [3.05, 3.63) is 57.3 Å². The molecule has 2 unspecified atom stereocenters. The summed E-state index contributed by atoms with van der Waals surface area (Å²) in [5.74, 6) is 1.45. The molecule has 3 atom stereocenters. The number of benzene rings is 1. The lowest BCUT2D eigenvalue weighted by Crippen LogP contribution is -2.34. The van der Waals surface area contributed by atoms with Crippen molar-refractivity contribution >= 4 is 17.2 Å². The summed E-state index contributed by atoms with van der Waals surface area (Å²) < 4.78 is 0. The third-order valence-corrected chi connectivity index (χ3v) is 7.07. The van der Waals surface area contributed by atoms with Crippen molar-refractivity contribution < 1.29 is 4.79 Å². The minimum atomic E-state index is 0.106. The van der Waals surface area contributed by atoms with E-state index in [9.17, 15) is 4.79 Å². The Kier molecular flexibility index (Phi) is 5.35. The Labute approximate surface area is 166 Å². The zero-order chi connectivity index (χ0) is 19.0. The van der Waals surface area contributed by atoms with Crippen LogP contribution in [0.1, 0.15) is 38.1 Å². The van der Waals surface area contributed by atoms with Gasteiger partial charge in [-0.25, -0.2) is 0 Å². The lowest BCUT2D eigenvalue weighted by molar-refractivity contribution is 0.0773. The quantitative estimate of drug-likeness (QED) is 0.860. The van der Waals surface area contributed by atoms with Crippen LogP contribution in [-0.2, 0) is 0 Å². The van der Waals surface area contributed by atoms with Crippen LogP contribution in [-0.4, -0.2) is 48.4 Å². The number of aryl methyl sites for hydroxylation is 2. The molecule has 27 heavy (non-hydrogen) atoms. The average molecular weight is 384 g/mol. The molecule has 0 spiro atoms. The highest BCUT2D eigenvalue weighted by atomic mass is 32.1. The van der Waals surface area contributed by atoms with Crippen LogP contribution in [0.3, 0.4) is 0 Å². The van der Waals surface area contributed by atoms with Crippen LogP contribution in [0.15, 0.2) is 36.4 Å². The fraction of sp³-hybridized carbons (Fsp3) is 0.500. The Morgan fingerprint density at radius 2 is 1.81 bits per heavy atom. The summed E-state index contributed by atoms with van der Waals surface area (Å²) in [5, 5.41) is 0. The monoisotopic (exact) mass is 383 g/mol. The van der Waals surface area contributed by atoms with Crippen LogP contribution in [0.25, 0.3) is 0 Å². The van der Waals surface area contributed by atoms with Gasteiger partial charge in [-0.2, -0.15) is 0 Å². The first kappa shape index (κ1) is 18.7. The second kappa shape index (κ2) is 7.74. The molecule has 0 bridgehead atoms. The van der Waals surface area contributed by atoms with Crippen molar-refractivity contribution in [2.24, 2.45) is 17.6 Å². The number of nitrogens with two attached hydrogens (primary N) is 1. The van der Waals surface area contributed by atoms with Gasteiger partial charge in [0.05, 0.1) is 5.56 Å². The maximum atomic E-state index is 12.9. The second-order valence-corrected chi connectivity index (χ2v) is 9.58. The molecule has 2 aliphatic heterocycles. The molecule has 1 aromatic carbocycles. The van der Waals surface area contributed by atoms with Crippen molar-refractivity contribution in [1.82, 2.24) is 9.80 Å². The van der Waals surface area contributed by atoms with Crippen molar-refractivity contribution in [2.45, 2.75) is 26.3 Å². The maximum Gasteiger partial charge on any atom is 0.254 e. The van der Waals surface area contributed by atoms with E-state index < -0.39 is 0 Å². The number of amides is 1. The van der Waals surface area contributed by atoms with Gasteiger partial charge in [0.1, 0.15) is 0 Å². The summed E-state index contributed by atoms with van der Waals surface area (Å²) in [6.07, 6.45) is 0.986. The first-order chi connectivity index (χ1) is 13.0. The van der Waals surface area contributed by atoms with Gasteiger partial charge in [0.15, 0.2) is 0 Å². The number of hydrogen-bond acceptors (Lipinski definition) is 4. The number of likely N-dealkylation sites (tertiary alicyclic amines) is 2. The van der Waals surface area contributed by atoms with Crippen molar-refractivity contribution in [1.29, 1.82) is 0 Å². The number of fused-ring (bicyclic) bond motifs is 1. The Hall–Kier alpha value is -1.69.